The first-order chi connectivity index (χ1) is 9.11. The van der Waals surface area contributed by atoms with Crippen LogP contribution in [0.25, 0.3) is 0 Å². The second-order valence-electron chi connectivity index (χ2n) is 4.19. The van der Waals surface area contributed by atoms with E-state index < -0.39 is 6.04 Å². The van der Waals surface area contributed by atoms with Gasteiger partial charge in [-0.1, -0.05) is 35.9 Å². The SMILES string of the molecule is Cc1ccc(C(C#N)Nc2ccccc2Cl)cc1F. The number of rotatable bonds is 3. The fourth-order valence-electron chi connectivity index (χ4n) is 1.71. The summed E-state index contributed by atoms with van der Waals surface area (Å²) in [7, 11) is 0. The first kappa shape index (κ1) is 13.4. The van der Waals surface area contributed by atoms with Gasteiger partial charge in [0.1, 0.15) is 11.9 Å². The van der Waals surface area contributed by atoms with Crippen LogP contribution >= 0.6 is 11.6 Å². The minimum atomic E-state index is -0.644. The lowest BCUT2D eigenvalue weighted by molar-refractivity contribution is 0.615. The number of para-hydroxylation sites is 1. The van der Waals surface area contributed by atoms with E-state index in [-0.39, 0.29) is 5.82 Å². The topological polar surface area (TPSA) is 35.8 Å². The highest BCUT2D eigenvalue weighted by Crippen LogP contribution is 2.26. The smallest absolute Gasteiger partial charge is 0.140 e. The van der Waals surface area contributed by atoms with E-state index in [1.165, 1.54) is 6.07 Å². The van der Waals surface area contributed by atoms with Crippen LogP contribution in [0.4, 0.5) is 10.1 Å². The fraction of sp³-hybridized carbons (Fsp3) is 0.133. The third-order valence-corrected chi connectivity index (χ3v) is 3.16. The number of nitrogens with one attached hydrogen (secondary N) is 1. The van der Waals surface area contributed by atoms with E-state index in [4.69, 9.17) is 11.6 Å². The zero-order valence-corrected chi connectivity index (χ0v) is 11.1. The Balaban J connectivity index is 2.28. The highest BCUT2D eigenvalue weighted by Gasteiger charge is 2.13. The van der Waals surface area contributed by atoms with Gasteiger partial charge in [0.25, 0.3) is 0 Å². The molecule has 1 N–H and O–H groups in total. The monoisotopic (exact) mass is 274 g/mol. The number of nitrogens with zero attached hydrogens (tertiary/aromatic N) is 1. The molecule has 19 heavy (non-hydrogen) atoms. The van der Waals surface area contributed by atoms with E-state index in [2.05, 4.69) is 11.4 Å². The van der Waals surface area contributed by atoms with Crippen LogP contribution in [-0.2, 0) is 0 Å². The van der Waals surface area contributed by atoms with Gasteiger partial charge in [0.2, 0.25) is 0 Å². The molecule has 0 fully saturated rings. The average Bonchev–Trinajstić information content (AvgIpc) is 2.41. The molecular formula is C15H12ClFN2. The van der Waals surface area contributed by atoms with Crippen LogP contribution in [0, 0.1) is 24.1 Å². The van der Waals surface area contributed by atoms with Gasteiger partial charge in [-0.2, -0.15) is 5.26 Å². The molecule has 2 aromatic carbocycles. The Hall–Kier alpha value is -2.05. The summed E-state index contributed by atoms with van der Waals surface area (Å²) in [5.74, 6) is -0.321. The molecule has 0 saturated heterocycles. The Labute approximate surface area is 116 Å². The number of anilines is 1. The highest BCUT2D eigenvalue weighted by atomic mass is 35.5. The average molecular weight is 275 g/mol. The summed E-state index contributed by atoms with van der Waals surface area (Å²) in [6, 6.07) is 13.3. The molecule has 0 aromatic heterocycles. The molecule has 0 aliphatic heterocycles. The zero-order valence-electron chi connectivity index (χ0n) is 10.3. The van der Waals surface area contributed by atoms with Crippen LogP contribution in [0.5, 0.6) is 0 Å². The summed E-state index contributed by atoms with van der Waals surface area (Å²) in [4.78, 5) is 0. The van der Waals surface area contributed by atoms with Crippen molar-refractivity contribution in [3.05, 3.63) is 64.4 Å². The molecule has 96 valence electrons. The minimum absolute atomic E-state index is 0.321. The van der Waals surface area contributed by atoms with Crippen molar-refractivity contribution >= 4 is 17.3 Å². The Morgan fingerprint density at radius 1 is 1.26 bits per heavy atom. The lowest BCUT2D eigenvalue weighted by atomic mass is 10.1. The molecule has 0 saturated carbocycles. The third-order valence-electron chi connectivity index (χ3n) is 2.83. The molecule has 0 amide bonds. The molecule has 2 rings (SSSR count). The van der Waals surface area contributed by atoms with Crippen molar-refractivity contribution in [2.75, 3.05) is 5.32 Å². The summed E-state index contributed by atoms with van der Waals surface area (Å²) in [6.07, 6.45) is 0. The second-order valence-corrected chi connectivity index (χ2v) is 4.60. The largest absolute Gasteiger partial charge is 0.365 e. The quantitative estimate of drug-likeness (QED) is 0.897. The summed E-state index contributed by atoms with van der Waals surface area (Å²) in [5.41, 5.74) is 1.78. The van der Waals surface area contributed by atoms with Crippen molar-refractivity contribution in [1.29, 1.82) is 5.26 Å². The van der Waals surface area contributed by atoms with Gasteiger partial charge in [0.05, 0.1) is 16.8 Å². The van der Waals surface area contributed by atoms with Crippen molar-refractivity contribution in [2.24, 2.45) is 0 Å². The molecule has 0 radical (unpaired) electrons. The van der Waals surface area contributed by atoms with E-state index in [9.17, 15) is 9.65 Å². The second kappa shape index (κ2) is 5.73. The van der Waals surface area contributed by atoms with Crippen LogP contribution in [0.15, 0.2) is 42.5 Å². The lowest BCUT2D eigenvalue weighted by Crippen LogP contribution is -2.09. The Bertz CT molecular complexity index is 634. The van der Waals surface area contributed by atoms with Crippen LogP contribution in [0.1, 0.15) is 17.2 Å². The van der Waals surface area contributed by atoms with Gasteiger partial charge in [-0.25, -0.2) is 4.39 Å². The number of hydrogen-bond donors (Lipinski definition) is 1. The van der Waals surface area contributed by atoms with E-state index in [1.54, 1.807) is 37.3 Å². The molecule has 1 unspecified atom stereocenters. The minimum Gasteiger partial charge on any atom is -0.365 e. The maximum absolute atomic E-state index is 13.5. The van der Waals surface area contributed by atoms with E-state index in [0.717, 1.165) is 0 Å². The zero-order chi connectivity index (χ0) is 13.8. The molecule has 4 heteroatoms. The van der Waals surface area contributed by atoms with Crippen molar-refractivity contribution in [1.82, 2.24) is 0 Å². The van der Waals surface area contributed by atoms with Crippen LogP contribution in [0.3, 0.4) is 0 Å². The number of aryl methyl sites for hydroxylation is 1. The van der Waals surface area contributed by atoms with Gasteiger partial charge >= 0.3 is 0 Å². The Kier molecular flexibility index (Phi) is 4.03. The van der Waals surface area contributed by atoms with Crippen molar-refractivity contribution in [3.63, 3.8) is 0 Å². The fourth-order valence-corrected chi connectivity index (χ4v) is 1.90. The first-order valence-corrected chi connectivity index (χ1v) is 6.16. The van der Waals surface area contributed by atoms with Crippen molar-refractivity contribution in [2.45, 2.75) is 13.0 Å². The van der Waals surface area contributed by atoms with Crippen molar-refractivity contribution < 1.29 is 4.39 Å². The third kappa shape index (κ3) is 3.04. The predicted octanol–water partition coefficient (Wildman–Crippen LogP) is 4.46. The molecule has 2 aromatic rings. The molecule has 0 spiro atoms. The maximum Gasteiger partial charge on any atom is 0.140 e. The molecular weight excluding hydrogens is 263 g/mol. The first-order valence-electron chi connectivity index (χ1n) is 5.78. The van der Waals surface area contributed by atoms with E-state index >= 15 is 0 Å². The molecule has 0 bridgehead atoms. The molecule has 1 atom stereocenters. The molecule has 0 heterocycles. The van der Waals surface area contributed by atoms with Gasteiger partial charge in [0.15, 0.2) is 0 Å². The summed E-state index contributed by atoms with van der Waals surface area (Å²) >= 11 is 6.02. The lowest BCUT2D eigenvalue weighted by Gasteiger charge is -2.15. The summed E-state index contributed by atoms with van der Waals surface area (Å²) in [6.45, 7) is 1.68. The summed E-state index contributed by atoms with van der Waals surface area (Å²) in [5, 5.41) is 12.7. The van der Waals surface area contributed by atoms with Gasteiger partial charge in [-0.15, -0.1) is 0 Å². The van der Waals surface area contributed by atoms with Gasteiger partial charge in [-0.3, -0.25) is 0 Å². The Morgan fingerprint density at radius 2 is 2.00 bits per heavy atom. The maximum atomic E-state index is 13.5. The van der Waals surface area contributed by atoms with Gasteiger partial charge in [0, 0.05) is 0 Å². The number of hydrogen-bond acceptors (Lipinski definition) is 2. The van der Waals surface area contributed by atoms with Crippen LogP contribution in [0.2, 0.25) is 5.02 Å². The highest BCUT2D eigenvalue weighted by molar-refractivity contribution is 6.33. The predicted molar refractivity (Wildman–Crippen MR) is 74.6 cm³/mol. The number of halogens is 2. The number of nitriles is 1. The van der Waals surface area contributed by atoms with Crippen molar-refractivity contribution in [3.8, 4) is 6.07 Å². The van der Waals surface area contributed by atoms with Crippen LogP contribution < -0.4 is 5.32 Å². The normalized spacial score (nSPS) is 11.7. The van der Waals surface area contributed by atoms with E-state index in [0.29, 0.717) is 21.8 Å². The molecule has 0 aliphatic carbocycles. The van der Waals surface area contributed by atoms with Gasteiger partial charge < -0.3 is 5.32 Å². The molecule has 0 aliphatic rings. The van der Waals surface area contributed by atoms with Crippen LogP contribution in [-0.4, -0.2) is 0 Å². The van der Waals surface area contributed by atoms with Gasteiger partial charge in [-0.05, 0) is 36.2 Å². The number of benzene rings is 2. The standard InChI is InChI=1S/C15H12ClFN2/c1-10-6-7-11(8-13(10)17)15(9-18)19-14-5-3-2-4-12(14)16/h2-8,15,19H,1H3. The summed E-state index contributed by atoms with van der Waals surface area (Å²) < 4.78 is 13.5. The van der Waals surface area contributed by atoms with E-state index in [1.807, 2.05) is 6.07 Å². The Morgan fingerprint density at radius 3 is 2.63 bits per heavy atom. The molecule has 2 nitrogen and oxygen atoms in total.